The van der Waals surface area contributed by atoms with Crippen molar-refractivity contribution in [1.82, 2.24) is 20.3 Å². The van der Waals surface area contributed by atoms with Gasteiger partial charge in [-0.15, -0.1) is 0 Å². The maximum absolute atomic E-state index is 12.5. The summed E-state index contributed by atoms with van der Waals surface area (Å²) < 4.78 is 0. The van der Waals surface area contributed by atoms with Crippen LogP contribution in [0.25, 0.3) is 11.0 Å². The van der Waals surface area contributed by atoms with Gasteiger partial charge in [0.05, 0.1) is 17.1 Å². The number of nitrogens with zero attached hydrogens (tertiary/aromatic N) is 1. The van der Waals surface area contributed by atoms with Gasteiger partial charge in [0.15, 0.2) is 0 Å². The van der Waals surface area contributed by atoms with E-state index in [1.165, 1.54) is 6.07 Å². The van der Waals surface area contributed by atoms with Gasteiger partial charge in [0.25, 0.3) is 5.91 Å². The summed E-state index contributed by atoms with van der Waals surface area (Å²) >= 11 is 0. The van der Waals surface area contributed by atoms with Crippen LogP contribution in [0.3, 0.4) is 0 Å². The van der Waals surface area contributed by atoms with Crippen LogP contribution in [0.2, 0.25) is 0 Å². The first-order valence-electron chi connectivity index (χ1n) is 7.94. The Kier molecular flexibility index (Phi) is 4.20. The van der Waals surface area contributed by atoms with Crippen molar-refractivity contribution in [3.63, 3.8) is 0 Å². The number of aromatic nitrogens is 3. The first-order valence-corrected chi connectivity index (χ1v) is 7.94. The van der Waals surface area contributed by atoms with Gasteiger partial charge in [-0.3, -0.25) is 9.59 Å². The summed E-state index contributed by atoms with van der Waals surface area (Å²) in [6, 6.07) is 10.4. The Labute approximate surface area is 139 Å². The number of carbonyl (C=O) groups is 1. The molecule has 2 aromatic heterocycles. The normalized spacial score (nSPS) is 12.5. The van der Waals surface area contributed by atoms with Gasteiger partial charge in [-0.1, -0.05) is 26.0 Å². The Morgan fingerprint density at radius 3 is 2.58 bits per heavy atom. The lowest BCUT2D eigenvalue weighted by Gasteiger charge is -2.12. The minimum atomic E-state index is -0.299. The fourth-order valence-corrected chi connectivity index (χ4v) is 2.53. The average Bonchev–Trinajstić information content (AvgIpc) is 2.98. The van der Waals surface area contributed by atoms with E-state index in [1.54, 1.807) is 6.07 Å². The molecule has 2 heterocycles. The highest BCUT2D eigenvalue weighted by molar-refractivity contribution is 5.94. The molecule has 0 saturated heterocycles. The summed E-state index contributed by atoms with van der Waals surface area (Å²) in [5.41, 5.74) is 2.59. The molecule has 3 N–H and O–H groups in total. The van der Waals surface area contributed by atoms with Crippen molar-refractivity contribution in [3.05, 3.63) is 63.8 Å². The molecule has 0 bridgehead atoms. The number of hydrogen-bond donors (Lipinski definition) is 3. The van der Waals surface area contributed by atoms with Crippen molar-refractivity contribution in [2.45, 2.75) is 32.7 Å². The zero-order valence-corrected chi connectivity index (χ0v) is 13.9. The van der Waals surface area contributed by atoms with E-state index in [2.05, 4.69) is 20.3 Å². The van der Waals surface area contributed by atoms with E-state index in [9.17, 15) is 9.59 Å². The minimum Gasteiger partial charge on any atom is -0.342 e. The topological polar surface area (TPSA) is 90.6 Å². The molecule has 0 aliphatic heterocycles. The molecule has 0 saturated carbocycles. The Hall–Kier alpha value is -2.89. The molecule has 3 aromatic rings. The van der Waals surface area contributed by atoms with E-state index in [0.717, 1.165) is 16.7 Å². The van der Waals surface area contributed by atoms with E-state index in [-0.39, 0.29) is 23.4 Å². The predicted molar refractivity (Wildman–Crippen MR) is 93.1 cm³/mol. The average molecular weight is 324 g/mol. The van der Waals surface area contributed by atoms with Crippen molar-refractivity contribution in [1.29, 1.82) is 0 Å². The van der Waals surface area contributed by atoms with Crippen LogP contribution in [0.4, 0.5) is 0 Å². The van der Waals surface area contributed by atoms with Crippen LogP contribution < -0.4 is 10.9 Å². The molecule has 1 amide bonds. The molecule has 1 aromatic carbocycles. The zero-order chi connectivity index (χ0) is 17.3. The molecule has 0 spiro atoms. The molecule has 24 heavy (non-hydrogen) atoms. The van der Waals surface area contributed by atoms with Gasteiger partial charge < -0.3 is 15.3 Å². The number of pyridine rings is 1. The monoisotopic (exact) mass is 324 g/mol. The highest BCUT2D eigenvalue weighted by Crippen LogP contribution is 2.16. The van der Waals surface area contributed by atoms with E-state index < -0.39 is 0 Å². The second kappa shape index (κ2) is 6.31. The number of amides is 1. The van der Waals surface area contributed by atoms with Crippen LogP contribution in [-0.2, 0) is 0 Å². The lowest BCUT2D eigenvalue weighted by molar-refractivity contribution is 0.0938. The van der Waals surface area contributed by atoms with Gasteiger partial charge in [-0.05, 0) is 31.0 Å². The summed E-state index contributed by atoms with van der Waals surface area (Å²) in [7, 11) is 0. The fourth-order valence-electron chi connectivity index (χ4n) is 2.53. The quantitative estimate of drug-likeness (QED) is 0.689. The number of carbonyl (C=O) groups excluding carboxylic acids is 1. The molecule has 6 heteroatoms. The van der Waals surface area contributed by atoms with Gasteiger partial charge in [0.1, 0.15) is 5.82 Å². The number of hydrogen-bond acceptors (Lipinski definition) is 3. The zero-order valence-electron chi connectivity index (χ0n) is 13.9. The number of fused-ring (bicyclic) bond motifs is 1. The molecule has 1 atom stereocenters. The fraction of sp³-hybridized carbons (Fsp3) is 0.278. The van der Waals surface area contributed by atoms with Gasteiger partial charge in [0, 0.05) is 17.3 Å². The summed E-state index contributed by atoms with van der Waals surface area (Å²) in [5.74, 6) is 0.521. The molecular formula is C18H20N4O2. The number of benzene rings is 1. The number of rotatable bonds is 4. The summed E-state index contributed by atoms with van der Waals surface area (Å²) in [6.45, 7) is 5.78. The van der Waals surface area contributed by atoms with Gasteiger partial charge >= 0.3 is 0 Å². The Morgan fingerprint density at radius 2 is 1.88 bits per heavy atom. The van der Waals surface area contributed by atoms with Crippen LogP contribution >= 0.6 is 0 Å². The third-order valence-corrected chi connectivity index (χ3v) is 3.91. The van der Waals surface area contributed by atoms with Crippen LogP contribution in [0, 0.1) is 0 Å². The van der Waals surface area contributed by atoms with Crippen molar-refractivity contribution in [3.8, 4) is 0 Å². The Balaban J connectivity index is 1.82. The molecule has 0 unspecified atom stereocenters. The summed E-state index contributed by atoms with van der Waals surface area (Å²) in [4.78, 5) is 34.6. The van der Waals surface area contributed by atoms with Crippen LogP contribution in [0.15, 0.2) is 41.2 Å². The summed E-state index contributed by atoms with van der Waals surface area (Å²) in [6.07, 6.45) is 0. The van der Waals surface area contributed by atoms with E-state index in [1.807, 2.05) is 45.0 Å². The number of imidazole rings is 1. The molecule has 6 nitrogen and oxygen atoms in total. The maximum atomic E-state index is 12.5. The third-order valence-electron chi connectivity index (χ3n) is 3.91. The van der Waals surface area contributed by atoms with Crippen LogP contribution in [0.1, 0.15) is 54.6 Å². The molecule has 0 aliphatic carbocycles. The van der Waals surface area contributed by atoms with Gasteiger partial charge in [-0.25, -0.2) is 4.98 Å². The Bertz CT molecular complexity index is 906. The standard InChI is InChI=1S/C18H20N4O2/c1-10(2)15-8-12(9-16(23)20-15)18(24)19-11(3)17-21-13-6-4-5-7-14(13)22-17/h4-11H,1-3H3,(H,19,24)(H,20,23)(H,21,22)/t11-/m0/s1. The van der Waals surface area contributed by atoms with Crippen molar-refractivity contribution < 1.29 is 4.79 Å². The SMILES string of the molecule is CC(C)c1cc(C(=O)N[C@@H](C)c2nc3ccccc3[nH]2)cc(=O)[nH]1. The largest absolute Gasteiger partial charge is 0.342 e. The van der Waals surface area contributed by atoms with E-state index in [0.29, 0.717) is 11.4 Å². The maximum Gasteiger partial charge on any atom is 0.252 e. The van der Waals surface area contributed by atoms with Crippen molar-refractivity contribution in [2.24, 2.45) is 0 Å². The molecule has 124 valence electrons. The minimum absolute atomic E-state index is 0.137. The molecule has 3 rings (SSSR count). The van der Waals surface area contributed by atoms with E-state index >= 15 is 0 Å². The molecule has 0 radical (unpaired) electrons. The highest BCUT2D eigenvalue weighted by Gasteiger charge is 2.16. The number of nitrogens with one attached hydrogen (secondary N) is 3. The van der Waals surface area contributed by atoms with Gasteiger partial charge in [-0.2, -0.15) is 0 Å². The number of para-hydroxylation sites is 2. The number of H-pyrrole nitrogens is 2. The molecule has 0 fully saturated rings. The predicted octanol–water partition coefficient (Wildman–Crippen LogP) is 2.87. The lowest BCUT2D eigenvalue weighted by Crippen LogP contribution is -2.28. The lowest BCUT2D eigenvalue weighted by atomic mass is 10.1. The van der Waals surface area contributed by atoms with Crippen LogP contribution in [-0.4, -0.2) is 20.9 Å². The highest BCUT2D eigenvalue weighted by atomic mass is 16.2. The van der Waals surface area contributed by atoms with Crippen molar-refractivity contribution in [2.75, 3.05) is 0 Å². The number of aromatic amines is 2. The van der Waals surface area contributed by atoms with Crippen LogP contribution in [0.5, 0.6) is 0 Å². The Morgan fingerprint density at radius 1 is 1.12 bits per heavy atom. The van der Waals surface area contributed by atoms with E-state index in [4.69, 9.17) is 0 Å². The first kappa shape index (κ1) is 16.0. The van der Waals surface area contributed by atoms with Gasteiger partial charge in [0.2, 0.25) is 5.56 Å². The smallest absolute Gasteiger partial charge is 0.252 e. The second-order valence-corrected chi connectivity index (χ2v) is 6.18. The third kappa shape index (κ3) is 3.22. The summed E-state index contributed by atoms with van der Waals surface area (Å²) in [5, 5.41) is 2.88. The second-order valence-electron chi connectivity index (χ2n) is 6.18. The first-order chi connectivity index (χ1) is 11.4. The molecule has 0 aliphatic rings. The van der Waals surface area contributed by atoms with Crippen molar-refractivity contribution >= 4 is 16.9 Å². The molecular weight excluding hydrogens is 304 g/mol.